The summed E-state index contributed by atoms with van der Waals surface area (Å²) in [4.78, 5) is 23.5. The summed E-state index contributed by atoms with van der Waals surface area (Å²) in [6.07, 6.45) is 1.42. The van der Waals surface area contributed by atoms with Gasteiger partial charge in [-0.05, 0) is 75.7 Å². The monoisotopic (exact) mass is 649 g/mol. The summed E-state index contributed by atoms with van der Waals surface area (Å²) in [6.45, 7) is 2.56. The molecule has 9 nitrogen and oxygen atoms in total. The van der Waals surface area contributed by atoms with Gasteiger partial charge in [0.25, 0.3) is 11.6 Å². The third-order valence-corrected chi connectivity index (χ3v) is 6.70. The van der Waals surface area contributed by atoms with Crippen molar-refractivity contribution in [3.63, 3.8) is 0 Å². The molecule has 0 bridgehead atoms. The van der Waals surface area contributed by atoms with E-state index in [1.807, 2.05) is 55.5 Å². The summed E-state index contributed by atoms with van der Waals surface area (Å²) in [5.74, 6) is 0.499. The van der Waals surface area contributed by atoms with Gasteiger partial charge in [0.1, 0.15) is 24.0 Å². The minimum atomic E-state index is -0.745. The van der Waals surface area contributed by atoms with E-state index in [0.29, 0.717) is 30.3 Å². The van der Waals surface area contributed by atoms with Crippen LogP contribution in [0.3, 0.4) is 0 Å². The summed E-state index contributed by atoms with van der Waals surface area (Å²) in [5, 5.41) is 25.6. The van der Waals surface area contributed by atoms with Gasteiger partial charge in [0, 0.05) is 12.1 Å². The zero-order valence-electron chi connectivity index (χ0n) is 21.6. The van der Waals surface area contributed by atoms with Crippen LogP contribution >= 0.6 is 22.6 Å². The lowest BCUT2D eigenvalue weighted by molar-refractivity contribution is -0.384. The summed E-state index contributed by atoms with van der Waals surface area (Å²) in [7, 11) is 1.37. The largest absolute Gasteiger partial charge is 0.495 e. The van der Waals surface area contributed by atoms with E-state index in [2.05, 4.69) is 27.9 Å². The Kier molecular flexibility index (Phi) is 9.19. The molecule has 0 aliphatic carbocycles. The molecular weight excluding hydrogens is 625 g/mol. The highest BCUT2D eigenvalue weighted by Gasteiger charge is 2.18. The zero-order chi connectivity index (χ0) is 28.6. The number of hydrogen-bond acceptors (Lipinski definition) is 7. The molecule has 0 aliphatic heterocycles. The molecule has 0 aromatic heterocycles. The van der Waals surface area contributed by atoms with Crippen LogP contribution in [0.1, 0.15) is 18.1 Å². The lowest BCUT2D eigenvalue weighted by Crippen LogP contribution is -2.14. The second-order valence-corrected chi connectivity index (χ2v) is 9.62. The number of nitrogens with one attached hydrogen (secondary N) is 1. The molecule has 0 saturated heterocycles. The maximum absolute atomic E-state index is 12.9. The zero-order valence-corrected chi connectivity index (χ0v) is 23.8. The van der Waals surface area contributed by atoms with Crippen LogP contribution in [0.4, 0.5) is 11.4 Å². The van der Waals surface area contributed by atoms with Gasteiger partial charge < -0.3 is 19.5 Å². The van der Waals surface area contributed by atoms with E-state index in [1.54, 1.807) is 12.1 Å². The number of ether oxygens (including phenoxy) is 3. The van der Waals surface area contributed by atoms with Crippen LogP contribution in [0.5, 0.6) is 17.2 Å². The van der Waals surface area contributed by atoms with Gasteiger partial charge in [-0.25, -0.2) is 0 Å². The van der Waals surface area contributed by atoms with Crippen molar-refractivity contribution < 1.29 is 23.9 Å². The van der Waals surface area contributed by atoms with Gasteiger partial charge in [0.05, 0.1) is 27.9 Å². The van der Waals surface area contributed by atoms with Gasteiger partial charge >= 0.3 is 0 Å². The molecule has 0 saturated carbocycles. The summed E-state index contributed by atoms with van der Waals surface area (Å²) in [5.41, 5.74) is 1.21. The topological polar surface area (TPSA) is 124 Å². The molecule has 4 rings (SSSR count). The highest BCUT2D eigenvalue weighted by molar-refractivity contribution is 14.1. The fourth-order valence-corrected chi connectivity index (χ4v) is 4.84. The molecule has 202 valence electrons. The van der Waals surface area contributed by atoms with Crippen LogP contribution in [-0.4, -0.2) is 24.5 Å². The number of anilines is 1. The Hall–Kier alpha value is -4.63. The van der Waals surface area contributed by atoms with Crippen LogP contribution in [0.25, 0.3) is 16.8 Å². The first-order chi connectivity index (χ1) is 19.3. The Morgan fingerprint density at radius 3 is 2.58 bits per heavy atom. The van der Waals surface area contributed by atoms with Gasteiger partial charge in [-0.2, -0.15) is 5.26 Å². The van der Waals surface area contributed by atoms with Crippen molar-refractivity contribution in [3.05, 3.63) is 103 Å². The van der Waals surface area contributed by atoms with E-state index in [4.69, 9.17) is 14.2 Å². The second kappa shape index (κ2) is 12.9. The minimum Gasteiger partial charge on any atom is -0.495 e. The fourth-order valence-electron chi connectivity index (χ4n) is 4.05. The molecule has 0 unspecified atom stereocenters. The van der Waals surface area contributed by atoms with Crippen molar-refractivity contribution in [1.29, 1.82) is 5.26 Å². The number of nitro benzene ring substituents is 1. The van der Waals surface area contributed by atoms with Crippen molar-refractivity contribution in [1.82, 2.24) is 0 Å². The molecule has 10 heteroatoms. The molecule has 1 N–H and O–H groups in total. The number of carbonyl (C=O) groups is 1. The molecule has 4 aromatic carbocycles. The summed E-state index contributed by atoms with van der Waals surface area (Å²) < 4.78 is 18.0. The molecule has 0 aliphatic rings. The predicted octanol–water partition coefficient (Wildman–Crippen LogP) is 6.88. The van der Waals surface area contributed by atoms with Crippen LogP contribution in [0.2, 0.25) is 0 Å². The highest BCUT2D eigenvalue weighted by Crippen LogP contribution is 2.36. The predicted molar refractivity (Wildman–Crippen MR) is 160 cm³/mol. The van der Waals surface area contributed by atoms with Crippen LogP contribution < -0.4 is 19.5 Å². The first-order valence-electron chi connectivity index (χ1n) is 12.2. The van der Waals surface area contributed by atoms with Gasteiger partial charge in [-0.3, -0.25) is 14.9 Å². The Morgan fingerprint density at radius 2 is 1.85 bits per heavy atom. The Balaban J connectivity index is 1.61. The minimum absolute atomic E-state index is 0.0737. The average molecular weight is 649 g/mol. The third-order valence-electron chi connectivity index (χ3n) is 5.90. The number of rotatable bonds is 10. The normalized spacial score (nSPS) is 11.0. The van der Waals surface area contributed by atoms with Crippen molar-refractivity contribution in [3.8, 4) is 23.3 Å². The second-order valence-electron chi connectivity index (χ2n) is 8.46. The quantitative estimate of drug-likeness (QED) is 0.0653. The Morgan fingerprint density at radius 1 is 1.07 bits per heavy atom. The van der Waals surface area contributed by atoms with Crippen LogP contribution in [0.15, 0.2) is 78.4 Å². The smallest absolute Gasteiger partial charge is 0.271 e. The van der Waals surface area contributed by atoms with Crippen molar-refractivity contribution in [2.45, 2.75) is 13.5 Å². The number of hydrogen-bond donors (Lipinski definition) is 1. The van der Waals surface area contributed by atoms with E-state index in [1.165, 1.54) is 31.4 Å². The average Bonchev–Trinajstić information content (AvgIpc) is 2.95. The third kappa shape index (κ3) is 6.50. The summed E-state index contributed by atoms with van der Waals surface area (Å²) in [6, 6.07) is 23.3. The Labute approximate surface area is 244 Å². The van der Waals surface area contributed by atoms with E-state index < -0.39 is 10.8 Å². The maximum atomic E-state index is 12.9. The molecule has 40 heavy (non-hydrogen) atoms. The number of benzene rings is 4. The van der Waals surface area contributed by atoms with Gasteiger partial charge in [0.2, 0.25) is 0 Å². The maximum Gasteiger partial charge on any atom is 0.271 e. The molecule has 4 aromatic rings. The lowest BCUT2D eigenvalue weighted by atomic mass is 10.1. The number of nitrogens with zero attached hydrogens (tertiary/aromatic N) is 2. The number of nitro groups is 1. The van der Waals surface area contributed by atoms with Crippen LogP contribution in [0, 0.1) is 25.0 Å². The van der Waals surface area contributed by atoms with Gasteiger partial charge in [0.15, 0.2) is 11.5 Å². The van der Waals surface area contributed by atoms with Gasteiger partial charge in [-0.1, -0.05) is 42.5 Å². The van der Waals surface area contributed by atoms with E-state index in [-0.39, 0.29) is 22.7 Å². The Bertz CT molecular complexity index is 1660. The fraction of sp³-hybridized carbons (Fsp3) is 0.133. The molecule has 0 heterocycles. The molecule has 0 atom stereocenters. The molecule has 1 amide bonds. The van der Waals surface area contributed by atoms with Crippen LogP contribution in [-0.2, 0) is 11.4 Å². The first-order valence-corrected chi connectivity index (χ1v) is 13.2. The molecular formula is C30H24IN3O6. The van der Waals surface area contributed by atoms with E-state index in [9.17, 15) is 20.2 Å². The van der Waals surface area contributed by atoms with Crippen molar-refractivity contribution >= 4 is 56.7 Å². The molecule has 0 spiro atoms. The first kappa shape index (κ1) is 28.4. The number of fused-ring (bicyclic) bond motifs is 1. The number of methoxy groups -OCH3 is 1. The van der Waals surface area contributed by atoms with Gasteiger partial charge in [-0.15, -0.1) is 0 Å². The highest BCUT2D eigenvalue weighted by atomic mass is 127. The lowest BCUT2D eigenvalue weighted by Gasteiger charge is -2.16. The van der Waals surface area contributed by atoms with E-state index >= 15 is 0 Å². The number of halogens is 1. The summed E-state index contributed by atoms with van der Waals surface area (Å²) >= 11 is 2.13. The molecule has 0 radical (unpaired) electrons. The molecule has 0 fully saturated rings. The van der Waals surface area contributed by atoms with Crippen molar-refractivity contribution in [2.75, 3.05) is 19.0 Å². The standard InChI is InChI=1S/C30H24IN3O6/c1-3-39-28-15-19(13-22(17-32)30(35)33-26-16-23(34(36)37)11-12-27(26)38-2)14-25(31)29(28)40-18-21-9-6-8-20-7-4-5-10-24(20)21/h4-16H,3,18H2,1-2H3,(H,33,35)/b22-13+. The SMILES string of the molecule is CCOc1cc(/C=C(\C#N)C(=O)Nc2cc([N+](=O)[O-])ccc2OC)cc(I)c1OCc1cccc2ccccc12. The number of non-ortho nitro benzene ring substituents is 1. The van der Waals surface area contributed by atoms with E-state index in [0.717, 1.165) is 19.9 Å². The number of carbonyl (C=O) groups excluding carboxylic acids is 1. The number of nitriles is 1. The van der Waals surface area contributed by atoms with Crippen molar-refractivity contribution in [2.24, 2.45) is 0 Å². The number of amides is 1.